The number of rotatable bonds is 3. The van der Waals surface area contributed by atoms with E-state index in [9.17, 15) is 4.39 Å². The molecule has 3 rings (SSSR count). The molecule has 6 heteroatoms. The van der Waals surface area contributed by atoms with Crippen LogP contribution in [0.25, 0.3) is 5.83 Å². The number of methoxy groups -OCH3 is 1. The Balaban J connectivity index is 1.87. The zero-order valence-electron chi connectivity index (χ0n) is 11.7. The summed E-state index contributed by atoms with van der Waals surface area (Å²) < 4.78 is 30.3. The van der Waals surface area contributed by atoms with Gasteiger partial charge in [0.2, 0.25) is 5.82 Å². The van der Waals surface area contributed by atoms with Gasteiger partial charge in [0.1, 0.15) is 5.60 Å². The molecule has 20 heavy (non-hydrogen) atoms. The van der Waals surface area contributed by atoms with E-state index in [1.807, 2.05) is 0 Å². The third kappa shape index (κ3) is 2.38. The number of hydrogen-bond acceptors (Lipinski definition) is 5. The Morgan fingerprint density at radius 2 is 1.95 bits per heavy atom. The van der Waals surface area contributed by atoms with Crippen molar-refractivity contribution in [3.8, 4) is 0 Å². The Hall–Kier alpha value is -1.27. The first-order valence-corrected chi connectivity index (χ1v) is 7.10. The van der Waals surface area contributed by atoms with Crippen LogP contribution < -0.4 is 0 Å². The van der Waals surface area contributed by atoms with Crippen LogP contribution in [0.3, 0.4) is 0 Å². The van der Waals surface area contributed by atoms with Gasteiger partial charge in [-0.25, -0.2) is 4.39 Å². The van der Waals surface area contributed by atoms with E-state index in [4.69, 9.17) is 14.0 Å². The lowest BCUT2D eigenvalue weighted by Gasteiger charge is -2.32. The second kappa shape index (κ2) is 5.61. The van der Waals surface area contributed by atoms with Crippen LogP contribution in [0.2, 0.25) is 0 Å². The molecule has 0 aromatic carbocycles. The Morgan fingerprint density at radius 3 is 2.60 bits per heavy atom. The summed E-state index contributed by atoms with van der Waals surface area (Å²) in [6.45, 7) is 1.17. The van der Waals surface area contributed by atoms with Crippen LogP contribution in [0.5, 0.6) is 0 Å². The predicted molar refractivity (Wildman–Crippen MR) is 69.5 cm³/mol. The van der Waals surface area contributed by atoms with Crippen LogP contribution in [0, 0.1) is 0 Å². The van der Waals surface area contributed by atoms with Gasteiger partial charge in [-0.3, -0.25) is 0 Å². The van der Waals surface area contributed by atoms with E-state index in [0.717, 1.165) is 31.3 Å². The molecule has 0 N–H and O–H groups in total. The minimum absolute atomic E-state index is 0.0141. The van der Waals surface area contributed by atoms with Gasteiger partial charge in [-0.15, -0.1) is 0 Å². The Labute approximate surface area is 117 Å². The highest BCUT2D eigenvalue weighted by molar-refractivity contribution is 5.55. The predicted octanol–water partition coefficient (Wildman–Crippen LogP) is 2.98. The van der Waals surface area contributed by atoms with Gasteiger partial charge in [0.15, 0.2) is 5.83 Å². The zero-order valence-corrected chi connectivity index (χ0v) is 11.7. The standard InChI is InChI=1S/C14H19FN2O3/c1-18-14(6-8-19-9-7-14)13-16-12(20-17-13)11(15)10-4-2-3-5-10/h2-9H2,1H3. The van der Waals surface area contributed by atoms with Gasteiger partial charge in [0.05, 0.1) is 0 Å². The second-order valence-corrected chi connectivity index (χ2v) is 5.36. The number of halogens is 1. The van der Waals surface area contributed by atoms with E-state index in [-0.39, 0.29) is 11.7 Å². The minimum atomic E-state index is -0.610. The first-order chi connectivity index (χ1) is 9.75. The summed E-state index contributed by atoms with van der Waals surface area (Å²) in [4.78, 5) is 4.23. The molecule has 0 bridgehead atoms. The number of aromatic nitrogens is 2. The van der Waals surface area contributed by atoms with Crippen molar-refractivity contribution in [1.82, 2.24) is 10.1 Å². The van der Waals surface area contributed by atoms with Crippen molar-refractivity contribution in [1.29, 1.82) is 0 Å². The van der Waals surface area contributed by atoms with Gasteiger partial charge in [0.25, 0.3) is 5.89 Å². The van der Waals surface area contributed by atoms with Crippen LogP contribution in [0.4, 0.5) is 4.39 Å². The highest BCUT2D eigenvalue weighted by Gasteiger charge is 2.39. The third-order valence-electron chi connectivity index (χ3n) is 4.23. The van der Waals surface area contributed by atoms with E-state index >= 15 is 0 Å². The summed E-state index contributed by atoms with van der Waals surface area (Å²) in [5.41, 5.74) is 0.180. The molecule has 1 aromatic rings. The maximum absolute atomic E-state index is 14.3. The molecule has 1 saturated heterocycles. The summed E-state index contributed by atoms with van der Waals surface area (Å²) in [5.74, 6) is 0.0615. The molecule has 0 amide bonds. The minimum Gasteiger partial charge on any atom is -0.381 e. The van der Waals surface area contributed by atoms with E-state index in [1.54, 1.807) is 7.11 Å². The zero-order chi connectivity index (χ0) is 14.0. The van der Waals surface area contributed by atoms with E-state index < -0.39 is 5.60 Å². The quantitative estimate of drug-likeness (QED) is 0.853. The molecule has 1 aliphatic carbocycles. The maximum atomic E-state index is 14.3. The molecule has 1 aromatic heterocycles. The van der Waals surface area contributed by atoms with E-state index in [1.165, 1.54) is 0 Å². The summed E-state index contributed by atoms with van der Waals surface area (Å²) in [5, 5.41) is 3.93. The third-order valence-corrected chi connectivity index (χ3v) is 4.23. The van der Waals surface area contributed by atoms with E-state index in [2.05, 4.69) is 10.1 Å². The van der Waals surface area contributed by atoms with Gasteiger partial charge in [-0.1, -0.05) is 5.16 Å². The van der Waals surface area contributed by atoms with Crippen LogP contribution in [0.1, 0.15) is 50.2 Å². The molecule has 5 nitrogen and oxygen atoms in total. The van der Waals surface area contributed by atoms with Crippen LogP contribution in [-0.2, 0) is 15.1 Å². The van der Waals surface area contributed by atoms with Crippen molar-refractivity contribution in [3.63, 3.8) is 0 Å². The average molecular weight is 282 g/mol. The fourth-order valence-corrected chi connectivity index (χ4v) is 2.89. The maximum Gasteiger partial charge on any atom is 0.286 e. The Bertz CT molecular complexity index is 498. The fourth-order valence-electron chi connectivity index (χ4n) is 2.89. The molecule has 110 valence electrons. The van der Waals surface area contributed by atoms with Crippen LogP contribution >= 0.6 is 0 Å². The monoisotopic (exact) mass is 282 g/mol. The molecule has 0 atom stereocenters. The van der Waals surface area contributed by atoms with Crippen molar-refractivity contribution in [3.05, 3.63) is 17.3 Å². The summed E-state index contributed by atoms with van der Waals surface area (Å²) >= 11 is 0. The summed E-state index contributed by atoms with van der Waals surface area (Å²) in [6, 6.07) is 0. The van der Waals surface area contributed by atoms with Crippen molar-refractivity contribution in [2.45, 2.75) is 44.1 Å². The largest absolute Gasteiger partial charge is 0.381 e. The highest BCUT2D eigenvalue weighted by atomic mass is 19.1. The van der Waals surface area contributed by atoms with Crippen LogP contribution in [-0.4, -0.2) is 30.5 Å². The lowest BCUT2D eigenvalue weighted by atomic mass is 9.93. The SMILES string of the molecule is COC1(c2noc(C(F)=C3CCCC3)n2)CCOCC1. The summed E-state index contributed by atoms with van der Waals surface area (Å²) in [6.07, 6.45) is 4.94. The van der Waals surface area contributed by atoms with Crippen molar-refractivity contribution in [2.24, 2.45) is 0 Å². The van der Waals surface area contributed by atoms with Gasteiger partial charge in [-0.05, 0) is 31.3 Å². The normalized spacial score (nSPS) is 22.2. The topological polar surface area (TPSA) is 57.4 Å². The lowest BCUT2D eigenvalue weighted by Crippen LogP contribution is -2.36. The molecule has 0 radical (unpaired) electrons. The molecule has 1 saturated carbocycles. The Kier molecular flexibility index (Phi) is 3.85. The number of allylic oxidation sites excluding steroid dienone is 1. The molecular formula is C14H19FN2O3. The van der Waals surface area contributed by atoms with Gasteiger partial charge >= 0.3 is 0 Å². The average Bonchev–Trinajstić information content (AvgIpc) is 3.19. The summed E-state index contributed by atoms with van der Waals surface area (Å²) in [7, 11) is 1.62. The van der Waals surface area contributed by atoms with Gasteiger partial charge in [0, 0.05) is 33.2 Å². The highest BCUT2D eigenvalue weighted by Crippen LogP contribution is 2.36. The lowest BCUT2D eigenvalue weighted by molar-refractivity contribution is -0.101. The van der Waals surface area contributed by atoms with Crippen LogP contribution in [0.15, 0.2) is 10.1 Å². The van der Waals surface area contributed by atoms with Gasteiger partial charge in [-0.2, -0.15) is 4.98 Å². The molecule has 2 fully saturated rings. The molecule has 1 aliphatic heterocycles. The number of hydrogen-bond donors (Lipinski definition) is 0. The first kappa shape index (κ1) is 13.7. The van der Waals surface area contributed by atoms with Crippen molar-refractivity contribution < 1.29 is 18.4 Å². The number of ether oxygens (including phenoxy) is 2. The molecule has 0 unspecified atom stereocenters. The van der Waals surface area contributed by atoms with Gasteiger partial charge < -0.3 is 14.0 Å². The fraction of sp³-hybridized carbons (Fsp3) is 0.714. The van der Waals surface area contributed by atoms with Crippen molar-refractivity contribution >= 4 is 5.83 Å². The molecule has 2 heterocycles. The molecule has 2 aliphatic rings. The second-order valence-electron chi connectivity index (χ2n) is 5.36. The van der Waals surface area contributed by atoms with Crippen molar-refractivity contribution in [2.75, 3.05) is 20.3 Å². The number of nitrogens with zero attached hydrogens (tertiary/aromatic N) is 2. The molecule has 0 spiro atoms. The first-order valence-electron chi connectivity index (χ1n) is 7.10. The Morgan fingerprint density at radius 1 is 1.25 bits per heavy atom. The van der Waals surface area contributed by atoms with E-state index in [0.29, 0.717) is 31.9 Å². The molecular weight excluding hydrogens is 263 g/mol. The smallest absolute Gasteiger partial charge is 0.286 e.